The quantitative estimate of drug-likeness (QED) is 0.887. The van der Waals surface area contributed by atoms with E-state index in [0.29, 0.717) is 17.7 Å². The molecule has 0 radical (unpaired) electrons. The van der Waals surface area contributed by atoms with Crippen LogP contribution in [0.5, 0.6) is 0 Å². The van der Waals surface area contributed by atoms with Crippen LogP contribution in [0.3, 0.4) is 0 Å². The van der Waals surface area contributed by atoms with E-state index in [0.717, 1.165) is 24.8 Å². The zero-order chi connectivity index (χ0) is 16.9. The van der Waals surface area contributed by atoms with Gasteiger partial charge in [-0.2, -0.15) is 0 Å². The molecule has 5 heteroatoms. The molecule has 1 aromatic heterocycles. The van der Waals surface area contributed by atoms with Crippen LogP contribution in [0.25, 0.3) is 0 Å². The van der Waals surface area contributed by atoms with Gasteiger partial charge in [-0.3, -0.25) is 9.59 Å². The number of carbonyl (C=O) groups excluding carboxylic acids is 2. The molecule has 1 aliphatic carbocycles. The minimum Gasteiger partial charge on any atom is -0.354 e. The van der Waals surface area contributed by atoms with Gasteiger partial charge in [-0.1, -0.05) is 30.3 Å². The molecule has 1 aromatic carbocycles. The molecule has 0 unspecified atom stereocenters. The molecule has 24 heavy (non-hydrogen) atoms. The van der Waals surface area contributed by atoms with E-state index in [-0.39, 0.29) is 23.6 Å². The SMILES string of the molecule is CNC(=O)c1cc(C(=O)NC2CCC2)cc(Cc2ccccc2)n1. The topological polar surface area (TPSA) is 71.1 Å². The predicted octanol–water partition coefficient (Wildman–Crippen LogP) is 2.31. The Morgan fingerprint density at radius 2 is 1.88 bits per heavy atom. The third kappa shape index (κ3) is 3.79. The van der Waals surface area contributed by atoms with Crippen LogP contribution < -0.4 is 10.6 Å². The van der Waals surface area contributed by atoms with Crippen molar-refractivity contribution in [3.8, 4) is 0 Å². The molecule has 1 saturated carbocycles. The van der Waals surface area contributed by atoms with Crippen molar-refractivity contribution in [2.45, 2.75) is 31.7 Å². The lowest BCUT2D eigenvalue weighted by molar-refractivity contribution is 0.0916. The minimum atomic E-state index is -0.289. The van der Waals surface area contributed by atoms with Gasteiger partial charge >= 0.3 is 0 Å². The van der Waals surface area contributed by atoms with E-state index >= 15 is 0 Å². The van der Waals surface area contributed by atoms with Crippen LogP contribution in [-0.2, 0) is 6.42 Å². The van der Waals surface area contributed by atoms with Gasteiger partial charge in [-0.25, -0.2) is 4.98 Å². The second-order valence-electron chi connectivity index (χ2n) is 6.08. The van der Waals surface area contributed by atoms with Crippen LogP contribution in [0.15, 0.2) is 42.5 Å². The molecular formula is C19H21N3O2. The maximum absolute atomic E-state index is 12.4. The fourth-order valence-corrected chi connectivity index (χ4v) is 2.68. The lowest BCUT2D eigenvalue weighted by Gasteiger charge is -2.26. The first-order valence-electron chi connectivity index (χ1n) is 8.23. The maximum Gasteiger partial charge on any atom is 0.269 e. The number of hydrogen-bond donors (Lipinski definition) is 2. The van der Waals surface area contributed by atoms with Gasteiger partial charge in [-0.05, 0) is 37.0 Å². The van der Waals surface area contributed by atoms with Crippen molar-refractivity contribution in [3.63, 3.8) is 0 Å². The number of nitrogens with one attached hydrogen (secondary N) is 2. The number of rotatable bonds is 5. The highest BCUT2D eigenvalue weighted by Crippen LogP contribution is 2.19. The second kappa shape index (κ2) is 7.25. The van der Waals surface area contributed by atoms with Crippen LogP contribution in [0.2, 0.25) is 0 Å². The summed E-state index contributed by atoms with van der Waals surface area (Å²) in [6.45, 7) is 0. The van der Waals surface area contributed by atoms with E-state index in [2.05, 4.69) is 15.6 Å². The van der Waals surface area contributed by atoms with Crippen molar-refractivity contribution in [2.24, 2.45) is 0 Å². The van der Waals surface area contributed by atoms with Crippen molar-refractivity contribution in [1.82, 2.24) is 15.6 Å². The highest BCUT2D eigenvalue weighted by Gasteiger charge is 2.21. The standard InChI is InChI=1S/C19H21N3O2/c1-20-19(24)17-12-14(18(23)22-15-8-5-9-15)11-16(21-17)10-13-6-3-2-4-7-13/h2-4,6-7,11-12,15H,5,8-10H2,1H3,(H,20,24)(H,22,23). The molecule has 0 spiro atoms. The third-order valence-electron chi connectivity index (χ3n) is 4.27. The smallest absolute Gasteiger partial charge is 0.269 e. The molecule has 0 saturated heterocycles. The molecule has 124 valence electrons. The number of amides is 2. The van der Waals surface area contributed by atoms with Crippen LogP contribution in [-0.4, -0.2) is 29.9 Å². The van der Waals surface area contributed by atoms with Gasteiger partial charge in [0.2, 0.25) is 0 Å². The molecule has 1 fully saturated rings. The summed E-state index contributed by atoms with van der Waals surface area (Å²) in [5.74, 6) is -0.427. The first-order chi connectivity index (χ1) is 11.7. The Balaban J connectivity index is 1.87. The second-order valence-corrected chi connectivity index (χ2v) is 6.08. The summed E-state index contributed by atoms with van der Waals surface area (Å²) in [6, 6.07) is 13.5. The van der Waals surface area contributed by atoms with E-state index < -0.39 is 0 Å². The molecule has 0 aliphatic heterocycles. The lowest BCUT2D eigenvalue weighted by atomic mass is 9.93. The molecule has 2 aromatic rings. The molecule has 3 rings (SSSR count). The van der Waals surface area contributed by atoms with Gasteiger partial charge in [0.05, 0.1) is 0 Å². The summed E-state index contributed by atoms with van der Waals surface area (Å²) in [7, 11) is 1.56. The van der Waals surface area contributed by atoms with E-state index in [1.165, 1.54) is 0 Å². The molecule has 2 amide bonds. The largest absolute Gasteiger partial charge is 0.354 e. The predicted molar refractivity (Wildman–Crippen MR) is 92.0 cm³/mol. The fourth-order valence-electron chi connectivity index (χ4n) is 2.68. The summed E-state index contributed by atoms with van der Waals surface area (Å²) >= 11 is 0. The number of pyridine rings is 1. The lowest BCUT2D eigenvalue weighted by Crippen LogP contribution is -2.39. The van der Waals surface area contributed by atoms with E-state index in [9.17, 15) is 9.59 Å². The normalized spacial score (nSPS) is 13.9. The Kier molecular flexibility index (Phi) is 4.89. The van der Waals surface area contributed by atoms with E-state index in [1.54, 1.807) is 19.2 Å². The molecule has 1 heterocycles. The van der Waals surface area contributed by atoms with Crippen LogP contribution in [0, 0.1) is 0 Å². The molecule has 0 bridgehead atoms. The van der Waals surface area contributed by atoms with Gasteiger partial charge < -0.3 is 10.6 Å². The Labute approximate surface area is 141 Å². The van der Waals surface area contributed by atoms with Crippen molar-refractivity contribution >= 4 is 11.8 Å². The first kappa shape index (κ1) is 16.2. The Hall–Kier alpha value is -2.69. The Bertz CT molecular complexity index is 740. The van der Waals surface area contributed by atoms with Crippen molar-refractivity contribution in [3.05, 3.63) is 65.0 Å². The van der Waals surface area contributed by atoms with Crippen molar-refractivity contribution < 1.29 is 9.59 Å². The van der Waals surface area contributed by atoms with Crippen LogP contribution in [0.1, 0.15) is 51.4 Å². The highest BCUT2D eigenvalue weighted by molar-refractivity contribution is 5.98. The molecule has 1 aliphatic rings. The highest BCUT2D eigenvalue weighted by atomic mass is 16.2. The fraction of sp³-hybridized carbons (Fsp3) is 0.316. The van der Waals surface area contributed by atoms with Gasteiger partial charge in [0.15, 0.2) is 0 Å². The summed E-state index contributed by atoms with van der Waals surface area (Å²) in [4.78, 5) is 28.8. The molecular weight excluding hydrogens is 302 g/mol. The van der Waals surface area contributed by atoms with E-state index in [1.807, 2.05) is 30.3 Å². The zero-order valence-electron chi connectivity index (χ0n) is 13.7. The van der Waals surface area contributed by atoms with Crippen LogP contribution >= 0.6 is 0 Å². The van der Waals surface area contributed by atoms with Crippen molar-refractivity contribution in [1.29, 1.82) is 0 Å². The average Bonchev–Trinajstić information content (AvgIpc) is 2.57. The minimum absolute atomic E-state index is 0.137. The molecule has 2 N–H and O–H groups in total. The summed E-state index contributed by atoms with van der Waals surface area (Å²) in [5.41, 5.74) is 2.55. The Morgan fingerprint density at radius 3 is 2.50 bits per heavy atom. The van der Waals surface area contributed by atoms with Gasteiger partial charge in [0.1, 0.15) is 5.69 Å². The zero-order valence-corrected chi connectivity index (χ0v) is 13.7. The summed E-state index contributed by atoms with van der Waals surface area (Å²) < 4.78 is 0. The number of aromatic nitrogens is 1. The average molecular weight is 323 g/mol. The third-order valence-corrected chi connectivity index (χ3v) is 4.27. The molecule has 0 atom stereocenters. The monoisotopic (exact) mass is 323 g/mol. The Morgan fingerprint density at radius 1 is 1.12 bits per heavy atom. The summed E-state index contributed by atoms with van der Waals surface area (Å²) in [5, 5.41) is 5.58. The van der Waals surface area contributed by atoms with Gasteiger partial charge in [0.25, 0.3) is 11.8 Å². The molecule has 5 nitrogen and oxygen atoms in total. The summed E-state index contributed by atoms with van der Waals surface area (Å²) in [6.07, 6.45) is 3.78. The van der Waals surface area contributed by atoms with Gasteiger partial charge in [-0.15, -0.1) is 0 Å². The van der Waals surface area contributed by atoms with E-state index in [4.69, 9.17) is 0 Å². The van der Waals surface area contributed by atoms with Gasteiger partial charge in [0, 0.05) is 30.8 Å². The first-order valence-corrected chi connectivity index (χ1v) is 8.23. The van der Waals surface area contributed by atoms with Crippen molar-refractivity contribution in [2.75, 3.05) is 7.05 Å². The number of hydrogen-bond acceptors (Lipinski definition) is 3. The number of nitrogens with zero attached hydrogens (tertiary/aromatic N) is 1. The van der Waals surface area contributed by atoms with Crippen LogP contribution in [0.4, 0.5) is 0 Å². The number of benzene rings is 1. The maximum atomic E-state index is 12.4. The number of carbonyl (C=O) groups is 2.